The normalized spacial score (nSPS) is 10.9. The van der Waals surface area contributed by atoms with Crippen LogP contribution in [0.2, 0.25) is 0 Å². The van der Waals surface area contributed by atoms with Gasteiger partial charge in [-0.05, 0) is 17.7 Å². The van der Waals surface area contributed by atoms with E-state index in [2.05, 4.69) is 0 Å². The smallest absolute Gasteiger partial charge is 0.258 e. The number of rotatable bonds is 3. The van der Waals surface area contributed by atoms with Gasteiger partial charge in [0.25, 0.3) is 5.69 Å². The monoisotopic (exact) mass is 268 g/mol. The van der Waals surface area contributed by atoms with E-state index >= 15 is 0 Å². The van der Waals surface area contributed by atoms with Crippen molar-refractivity contribution in [2.24, 2.45) is 0 Å². The molecule has 0 heterocycles. The fourth-order valence-corrected chi connectivity index (χ4v) is 1.74. The summed E-state index contributed by atoms with van der Waals surface area (Å²) in [4.78, 5) is 10.2. The van der Waals surface area contributed by atoms with Crippen LogP contribution in [0.25, 0.3) is 11.6 Å². The first-order chi connectivity index (χ1) is 9.61. The van der Waals surface area contributed by atoms with Crippen molar-refractivity contribution in [1.82, 2.24) is 0 Å². The van der Waals surface area contributed by atoms with Gasteiger partial charge in [-0.25, -0.2) is 4.39 Å². The van der Waals surface area contributed by atoms with Gasteiger partial charge in [0, 0.05) is 17.7 Å². The minimum atomic E-state index is -0.521. The summed E-state index contributed by atoms with van der Waals surface area (Å²) < 4.78 is 13.6. The van der Waals surface area contributed by atoms with Crippen LogP contribution in [0.5, 0.6) is 0 Å². The number of nitro groups is 1. The third kappa shape index (κ3) is 2.87. The van der Waals surface area contributed by atoms with E-state index in [1.54, 1.807) is 12.1 Å². The van der Waals surface area contributed by atoms with Gasteiger partial charge in [-0.15, -0.1) is 0 Å². The average Bonchev–Trinajstić information content (AvgIpc) is 2.46. The molecule has 4 nitrogen and oxygen atoms in total. The minimum Gasteiger partial charge on any atom is -0.258 e. The fraction of sp³-hybridized carbons (Fsp3) is 0. The lowest BCUT2D eigenvalue weighted by Crippen LogP contribution is -1.89. The van der Waals surface area contributed by atoms with E-state index in [1.807, 2.05) is 6.07 Å². The molecule has 0 aliphatic carbocycles. The lowest BCUT2D eigenvalue weighted by atomic mass is 10.0. The highest BCUT2D eigenvalue weighted by Gasteiger charge is 2.08. The van der Waals surface area contributed by atoms with E-state index in [9.17, 15) is 14.5 Å². The van der Waals surface area contributed by atoms with Crippen LogP contribution in [0.3, 0.4) is 0 Å². The van der Waals surface area contributed by atoms with Crippen LogP contribution < -0.4 is 0 Å². The number of allylic oxidation sites excluding steroid dienone is 1. The number of benzene rings is 2. The maximum atomic E-state index is 13.6. The predicted molar refractivity (Wildman–Crippen MR) is 73.0 cm³/mol. The molecule has 0 spiro atoms. The number of nitrogens with zero attached hydrogens (tertiary/aromatic N) is 2. The Morgan fingerprint density at radius 1 is 1.25 bits per heavy atom. The lowest BCUT2D eigenvalue weighted by molar-refractivity contribution is -0.384. The van der Waals surface area contributed by atoms with Crippen molar-refractivity contribution in [3.63, 3.8) is 0 Å². The summed E-state index contributed by atoms with van der Waals surface area (Å²) >= 11 is 0. The Bertz CT molecular complexity index is 733. The highest BCUT2D eigenvalue weighted by Crippen LogP contribution is 2.22. The lowest BCUT2D eigenvalue weighted by Gasteiger charge is -2.01. The molecule has 0 amide bonds. The molecular formula is C15H9FN2O2. The molecule has 0 radical (unpaired) electrons. The maximum absolute atomic E-state index is 13.6. The Morgan fingerprint density at radius 3 is 2.65 bits per heavy atom. The van der Waals surface area contributed by atoms with Gasteiger partial charge < -0.3 is 0 Å². The van der Waals surface area contributed by atoms with E-state index < -0.39 is 10.7 Å². The van der Waals surface area contributed by atoms with Crippen LogP contribution in [0, 0.1) is 27.3 Å². The zero-order valence-corrected chi connectivity index (χ0v) is 10.3. The van der Waals surface area contributed by atoms with E-state index in [0.29, 0.717) is 5.56 Å². The third-order valence-corrected chi connectivity index (χ3v) is 2.68. The predicted octanol–water partition coefficient (Wildman–Crippen LogP) is 3.80. The Balaban J connectivity index is 2.48. The van der Waals surface area contributed by atoms with Gasteiger partial charge in [0.2, 0.25) is 0 Å². The second kappa shape index (κ2) is 5.76. The molecule has 0 aliphatic rings. The van der Waals surface area contributed by atoms with Crippen molar-refractivity contribution >= 4 is 17.3 Å². The summed E-state index contributed by atoms with van der Waals surface area (Å²) in [7, 11) is 0. The Hall–Kier alpha value is -3.00. The summed E-state index contributed by atoms with van der Waals surface area (Å²) in [5, 5.41) is 19.8. The molecule has 2 aromatic carbocycles. The van der Waals surface area contributed by atoms with Crippen molar-refractivity contribution in [1.29, 1.82) is 5.26 Å². The van der Waals surface area contributed by atoms with Gasteiger partial charge in [0.05, 0.1) is 16.6 Å². The van der Waals surface area contributed by atoms with Crippen LogP contribution in [-0.4, -0.2) is 4.92 Å². The van der Waals surface area contributed by atoms with Crippen LogP contribution in [0.1, 0.15) is 11.1 Å². The largest absolute Gasteiger partial charge is 0.270 e. The number of halogens is 1. The Labute approximate surface area is 114 Å². The number of non-ortho nitro benzene ring substituents is 1. The van der Waals surface area contributed by atoms with Crippen molar-refractivity contribution in [2.75, 3.05) is 0 Å². The fourth-order valence-electron chi connectivity index (χ4n) is 1.74. The third-order valence-electron chi connectivity index (χ3n) is 2.68. The molecule has 0 unspecified atom stereocenters. The molecule has 0 atom stereocenters. The van der Waals surface area contributed by atoms with Crippen LogP contribution in [0.15, 0.2) is 48.5 Å². The van der Waals surface area contributed by atoms with E-state index in [1.165, 1.54) is 42.5 Å². The van der Waals surface area contributed by atoms with E-state index in [0.717, 1.165) is 0 Å². The zero-order chi connectivity index (χ0) is 14.5. The average molecular weight is 268 g/mol. The molecule has 98 valence electrons. The molecule has 0 N–H and O–H groups in total. The van der Waals surface area contributed by atoms with Crippen LogP contribution in [0.4, 0.5) is 10.1 Å². The minimum absolute atomic E-state index is 0.0791. The zero-order valence-electron chi connectivity index (χ0n) is 10.3. The number of nitriles is 1. The molecule has 20 heavy (non-hydrogen) atoms. The summed E-state index contributed by atoms with van der Waals surface area (Å²) in [6.07, 6.45) is 1.42. The molecule has 2 rings (SSSR count). The molecule has 0 saturated carbocycles. The second-order valence-corrected chi connectivity index (χ2v) is 4.00. The van der Waals surface area contributed by atoms with Gasteiger partial charge in [0.1, 0.15) is 5.82 Å². The topological polar surface area (TPSA) is 66.9 Å². The van der Waals surface area contributed by atoms with Crippen molar-refractivity contribution in [2.45, 2.75) is 0 Å². The van der Waals surface area contributed by atoms with Gasteiger partial charge in [0.15, 0.2) is 0 Å². The highest BCUT2D eigenvalue weighted by molar-refractivity contribution is 5.89. The Kier molecular flexibility index (Phi) is 3.87. The first kappa shape index (κ1) is 13.4. The van der Waals surface area contributed by atoms with E-state index in [4.69, 9.17) is 5.26 Å². The summed E-state index contributed by atoms with van der Waals surface area (Å²) in [5.41, 5.74) is 0.675. The van der Waals surface area contributed by atoms with E-state index in [-0.39, 0.29) is 16.8 Å². The summed E-state index contributed by atoms with van der Waals surface area (Å²) in [5.74, 6) is -0.509. The molecular weight excluding hydrogens is 259 g/mol. The summed E-state index contributed by atoms with van der Waals surface area (Å²) in [6.45, 7) is 0. The van der Waals surface area contributed by atoms with Gasteiger partial charge in [-0.1, -0.05) is 30.3 Å². The highest BCUT2D eigenvalue weighted by atomic mass is 19.1. The standard InChI is InChI=1S/C15H9FN2O2/c16-15-7-2-1-6-14(15)12(10-17)8-11-4-3-5-13(9-11)18(19)20/h1-9H/b12-8-. The molecule has 0 fully saturated rings. The SMILES string of the molecule is N#C/C(=C/c1cccc([N+](=O)[O-])c1)c1ccccc1F. The molecule has 0 saturated heterocycles. The quantitative estimate of drug-likeness (QED) is 0.368. The molecule has 5 heteroatoms. The molecule has 0 bridgehead atoms. The molecule has 2 aromatic rings. The maximum Gasteiger partial charge on any atom is 0.270 e. The molecule has 0 aliphatic heterocycles. The van der Waals surface area contributed by atoms with Gasteiger partial charge >= 0.3 is 0 Å². The summed E-state index contributed by atoms with van der Waals surface area (Å²) in [6, 6.07) is 13.6. The van der Waals surface area contributed by atoms with Gasteiger partial charge in [-0.3, -0.25) is 10.1 Å². The van der Waals surface area contributed by atoms with Crippen molar-refractivity contribution in [3.05, 3.63) is 75.6 Å². The first-order valence-corrected chi connectivity index (χ1v) is 5.73. The number of nitro benzene ring substituents is 1. The number of hydrogen-bond acceptors (Lipinski definition) is 3. The Morgan fingerprint density at radius 2 is 2.00 bits per heavy atom. The van der Waals surface area contributed by atoms with Crippen molar-refractivity contribution in [3.8, 4) is 6.07 Å². The molecule has 0 aromatic heterocycles. The first-order valence-electron chi connectivity index (χ1n) is 5.73. The van der Waals surface area contributed by atoms with Gasteiger partial charge in [-0.2, -0.15) is 5.26 Å². The van der Waals surface area contributed by atoms with Crippen LogP contribution in [-0.2, 0) is 0 Å². The van der Waals surface area contributed by atoms with Crippen molar-refractivity contribution < 1.29 is 9.31 Å². The number of hydrogen-bond donors (Lipinski definition) is 0. The second-order valence-electron chi connectivity index (χ2n) is 4.00. The van der Waals surface area contributed by atoms with Crippen LogP contribution >= 0.6 is 0 Å².